The molecule has 0 amide bonds. The Morgan fingerprint density at radius 2 is 0.912 bits per heavy atom. The normalized spacial score (nSPS) is 11.5. The van der Waals surface area contributed by atoms with Crippen molar-refractivity contribution in [3.05, 3.63) is 187 Å². The van der Waals surface area contributed by atoms with Gasteiger partial charge in [0.05, 0.1) is 73.3 Å². The van der Waals surface area contributed by atoms with Crippen molar-refractivity contribution in [2.24, 2.45) is 0 Å². The minimum absolute atomic E-state index is 0.485. The van der Waals surface area contributed by atoms with Gasteiger partial charge in [0.15, 0.2) is 0 Å². The SMILES string of the molecule is N#Cc1cc(-c2cccc(C#N)c2-n2c3ccc(C#N)cc3c3c(-n4c5ccccc5c5ccccc54)cccc32)cc(-n2c3ccccc3c3ccccc32)c1. The first-order valence-corrected chi connectivity index (χ1v) is 18.7. The highest BCUT2D eigenvalue weighted by molar-refractivity contribution is 6.17. The average Bonchev–Trinajstić information content (AvgIpc) is 3.91. The molecule has 0 spiro atoms. The van der Waals surface area contributed by atoms with Crippen LogP contribution in [0.2, 0.25) is 0 Å². The zero-order chi connectivity index (χ0) is 38.2. The molecule has 0 unspecified atom stereocenters. The summed E-state index contributed by atoms with van der Waals surface area (Å²) in [6, 6.07) is 64.6. The summed E-state index contributed by atoms with van der Waals surface area (Å²) < 4.78 is 6.68. The molecule has 6 heteroatoms. The van der Waals surface area contributed by atoms with Gasteiger partial charge in [-0.1, -0.05) is 91.0 Å². The summed E-state index contributed by atoms with van der Waals surface area (Å²) in [7, 11) is 0. The molecule has 262 valence electrons. The highest BCUT2D eigenvalue weighted by Crippen LogP contribution is 2.43. The Morgan fingerprint density at radius 3 is 1.51 bits per heavy atom. The first kappa shape index (κ1) is 32.1. The van der Waals surface area contributed by atoms with E-state index in [1.165, 1.54) is 0 Å². The minimum Gasteiger partial charge on any atom is -0.309 e. The van der Waals surface area contributed by atoms with E-state index in [-0.39, 0.29) is 0 Å². The predicted octanol–water partition coefficient (Wildman–Crippen LogP) is 12.3. The van der Waals surface area contributed by atoms with E-state index in [9.17, 15) is 15.8 Å². The Labute approximate surface area is 326 Å². The number of rotatable bonds is 4. The standard InChI is InChI=1S/C51H28N6/c52-29-32-23-24-47-42(27-32)50-48(56-45-19-7-3-14-40(45)41-15-4-8-20-46(41)56)21-10-22-49(50)57(47)51-34(31-54)11-9-16-37(51)35-25-33(30-53)26-36(28-35)55-43-17-5-1-12-38(43)39-13-2-6-18-44(39)55/h1-28H. The van der Waals surface area contributed by atoms with Crippen LogP contribution in [0.3, 0.4) is 0 Å². The Hall–Kier alpha value is -8.37. The van der Waals surface area contributed by atoms with Crippen LogP contribution in [-0.4, -0.2) is 13.7 Å². The molecule has 0 saturated heterocycles. The topological polar surface area (TPSA) is 86.2 Å². The van der Waals surface area contributed by atoms with E-state index >= 15 is 0 Å². The molecule has 0 aliphatic rings. The second-order valence-corrected chi connectivity index (χ2v) is 14.3. The molecule has 0 bridgehead atoms. The van der Waals surface area contributed by atoms with Crippen molar-refractivity contribution in [3.63, 3.8) is 0 Å². The zero-order valence-electron chi connectivity index (χ0n) is 30.3. The minimum atomic E-state index is 0.485. The third kappa shape index (κ3) is 4.61. The molecule has 57 heavy (non-hydrogen) atoms. The lowest BCUT2D eigenvalue weighted by atomic mass is 9.97. The van der Waals surface area contributed by atoms with Gasteiger partial charge in [0.25, 0.3) is 0 Å². The first-order valence-electron chi connectivity index (χ1n) is 18.7. The third-order valence-corrected chi connectivity index (χ3v) is 11.3. The summed E-state index contributed by atoms with van der Waals surface area (Å²) in [6.07, 6.45) is 0. The van der Waals surface area contributed by atoms with Gasteiger partial charge in [-0.25, -0.2) is 0 Å². The molecule has 11 rings (SSSR count). The van der Waals surface area contributed by atoms with Crippen LogP contribution in [0.4, 0.5) is 0 Å². The molecule has 11 aromatic rings. The lowest BCUT2D eigenvalue weighted by Crippen LogP contribution is -2.02. The van der Waals surface area contributed by atoms with Crippen molar-refractivity contribution >= 4 is 65.4 Å². The number of benzene rings is 8. The van der Waals surface area contributed by atoms with E-state index in [1.54, 1.807) is 0 Å². The van der Waals surface area contributed by atoms with Gasteiger partial charge in [-0.2, -0.15) is 15.8 Å². The lowest BCUT2D eigenvalue weighted by Gasteiger charge is -2.18. The monoisotopic (exact) mass is 724 g/mol. The molecule has 0 aliphatic heterocycles. The molecule has 8 aromatic carbocycles. The summed E-state index contributed by atoms with van der Waals surface area (Å²) >= 11 is 0. The van der Waals surface area contributed by atoms with Crippen molar-refractivity contribution in [2.45, 2.75) is 0 Å². The van der Waals surface area contributed by atoms with E-state index in [4.69, 9.17) is 0 Å². The zero-order valence-corrected chi connectivity index (χ0v) is 30.3. The number of hydrogen-bond acceptors (Lipinski definition) is 3. The van der Waals surface area contributed by atoms with Crippen LogP contribution < -0.4 is 0 Å². The molecule has 3 heterocycles. The number of nitriles is 3. The van der Waals surface area contributed by atoms with Crippen molar-refractivity contribution in [1.29, 1.82) is 15.8 Å². The lowest BCUT2D eigenvalue weighted by molar-refractivity contribution is 1.16. The Balaban J connectivity index is 1.24. The second kappa shape index (κ2) is 12.3. The van der Waals surface area contributed by atoms with Crippen molar-refractivity contribution in [1.82, 2.24) is 13.7 Å². The Kier molecular flexibility index (Phi) is 6.95. The summed E-state index contributed by atoms with van der Waals surface area (Å²) in [5.74, 6) is 0. The third-order valence-electron chi connectivity index (χ3n) is 11.3. The first-order chi connectivity index (χ1) is 28.2. The predicted molar refractivity (Wildman–Crippen MR) is 229 cm³/mol. The molecule has 3 aromatic heterocycles. The summed E-state index contributed by atoms with van der Waals surface area (Å²) in [6.45, 7) is 0. The summed E-state index contributed by atoms with van der Waals surface area (Å²) in [5.41, 5.74) is 11.7. The van der Waals surface area contributed by atoms with Gasteiger partial charge in [-0.3, -0.25) is 0 Å². The van der Waals surface area contributed by atoms with Crippen LogP contribution in [0, 0.1) is 34.0 Å². The van der Waals surface area contributed by atoms with Crippen molar-refractivity contribution < 1.29 is 0 Å². The van der Waals surface area contributed by atoms with Crippen LogP contribution in [0.5, 0.6) is 0 Å². The van der Waals surface area contributed by atoms with Gasteiger partial charge >= 0.3 is 0 Å². The molecule has 0 saturated carbocycles. The number of nitrogens with zero attached hydrogens (tertiary/aromatic N) is 6. The largest absolute Gasteiger partial charge is 0.309 e. The van der Waals surface area contributed by atoms with Crippen molar-refractivity contribution in [3.8, 4) is 46.4 Å². The molecule has 0 N–H and O–H groups in total. The highest BCUT2D eigenvalue weighted by Gasteiger charge is 2.24. The molecule has 6 nitrogen and oxygen atoms in total. The number of fused-ring (bicyclic) bond motifs is 9. The summed E-state index contributed by atoms with van der Waals surface area (Å²) in [5, 5.41) is 37.9. The Morgan fingerprint density at radius 1 is 0.368 bits per heavy atom. The van der Waals surface area contributed by atoms with Crippen LogP contribution in [0.1, 0.15) is 16.7 Å². The van der Waals surface area contributed by atoms with Gasteiger partial charge in [0.1, 0.15) is 6.07 Å². The quantitative estimate of drug-likeness (QED) is 0.181. The van der Waals surface area contributed by atoms with E-state index in [0.29, 0.717) is 22.4 Å². The highest BCUT2D eigenvalue weighted by atomic mass is 15.0. The molecular formula is C51H28N6. The maximum absolute atomic E-state index is 10.8. The van der Waals surface area contributed by atoms with Gasteiger partial charge < -0.3 is 13.7 Å². The molecule has 0 aliphatic carbocycles. The van der Waals surface area contributed by atoms with Crippen LogP contribution >= 0.6 is 0 Å². The van der Waals surface area contributed by atoms with Gasteiger partial charge in [-0.15, -0.1) is 0 Å². The van der Waals surface area contributed by atoms with Crippen LogP contribution in [0.25, 0.3) is 93.6 Å². The van der Waals surface area contributed by atoms with Crippen molar-refractivity contribution in [2.75, 3.05) is 0 Å². The average molecular weight is 725 g/mol. The fourth-order valence-electron chi connectivity index (χ4n) is 9.00. The van der Waals surface area contributed by atoms with Crippen LogP contribution in [-0.2, 0) is 0 Å². The van der Waals surface area contributed by atoms with E-state index in [2.05, 4.69) is 129 Å². The fraction of sp³-hybridized carbons (Fsp3) is 0. The van der Waals surface area contributed by atoms with Gasteiger partial charge in [-0.05, 0) is 84.4 Å². The maximum atomic E-state index is 10.8. The second-order valence-electron chi connectivity index (χ2n) is 14.3. The smallest absolute Gasteiger partial charge is 0.101 e. The Bertz CT molecular complexity index is 3520. The molecule has 0 fully saturated rings. The van der Waals surface area contributed by atoms with E-state index in [1.807, 2.05) is 72.8 Å². The van der Waals surface area contributed by atoms with Crippen LogP contribution in [0.15, 0.2) is 170 Å². The van der Waals surface area contributed by atoms with Gasteiger partial charge in [0.2, 0.25) is 0 Å². The fourth-order valence-corrected chi connectivity index (χ4v) is 9.00. The number of hydrogen-bond donors (Lipinski definition) is 0. The molecular weight excluding hydrogens is 697 g/mol. The van der Waals surface area contributed by atoms with Gasteiger partial charge in [0, 0.05) is 43.6 Å². The number of para-hydroxylation sites is 5. The molecule has 0 atom stereocenters. The maximum Gasteiger partial charge on any atom is 0.101 e. The van der Waals surface area contributed by atoms with E-state index in [0.717, 1.165) is 87.9 Å². The number of aromatic nitrogens is 3. The molecule has 0 radical (unpaired) electrons. The summed E-state index contributed by atoms with van der Waals surface area (Å²) in [4.78, 5) is 0. The van der Waals surface area contributed by atoms with E-state index < -0.39 is 0 Å².